The van der Waals surface area contributed by atoms with Crippen molar-refractivity contribution < 1.29 is 27.2 Å². The molecule has 0 aliphatic rings. The van der Waals surface area contributed by atoms with Gasteiger partial charge in [-0.05, 0) is 12.1 Å². The third kappa shape index (κ3) is 3.55. The number of nitriles is 1. The molecule has 0 atom stereocenters. The highest BCUT2D eigenvalue weighted by molar-refractivity contribution is 5.79. The molecule has 0 radical (unpaired) electrons. The molecule has 2 rings (SSSR count). The molecule has 0 aromatic heterocycles. The van der Waals surface area contributed by atoms with E-state index < -0.39 is 34.1 Å². The minimum absolute atomic E-state index is 0.288. The monoisotopic (exact) mass is 326 g/mol. The second-order valence-corrected chi connectivity index (χ2v) is 4.26. The number of nitro benzene ring substituents is 1. The summed E-state index contributed by atoms with van der Waals surface area (Å²) in [5.41, 5.74) is -2.05. The number of halogens is 4. The summed E-state index contributed by atoms with van der Waals surface area (Å²) in [5.74, 6) is -1.76. The molecule has 9 heteroatoms. The highest BCUT2D eigenvalue weighted by atomic mass is 19.4. The quantitative estimate of drug-likeness (QED) is 0.482. The Morgan fingerprint density at radius 2 is 1.83 bits per heavy atom. The fourth-order valence-electron chi connectivity index (χ4n) is 1.97. The van der Waals surface area contributed by atoms with E-state index in [0.717, 1.165) is 18.2 Å². The molecule has 2 aromatic carbocycles. The van der Waals surface area contributed by atoms with Gasteiger partial charge in [-0.25, -0.2) is 4.39 Å². The number of nitrogens with zero attached hydrogens (tertiary/aromatic N) is 2. The Balaban J connectivity index is 2.73. The van der Waals surface area contributed by atoms with Crippen LogP contribution in [0.5, 0.6) is 5.75 Å². The molecule has 5 nitrogen and oxygen atoms in total. The molecule has 0 unspecified atom stereocenters. The zero-order valence-corrected chi connectivity index (χ0v) is 11.1. The molecule has 0 amide bonds. The third-order valence-corrected chi connectivity index (χ3v) is 2.79. The normalized spacial score (nSPS) is 10.9. The number of ether oxygens (including phenoxy) is 1. The number of benzene rings is 2. The maximum atomic E-state index is 13.6. The van der Waals surface area contributed by atoms with Crippen LogP contribution in [0.2, 0.25) is 0 Å². The summed E-state index contributed by atoms with van der Waals surface area (Å²) in [4.78, 5) is 9.92. The molecule has 2 aromatic rings. The summed E-state index contributed by atoms with van der Waals surface area (Å²) < 4.78 is 54.7. The van der Waals surface area contributed by atoms with Crippen LogP contribution in [0.1, 0.15) is 5.56 Å². The van der Waals surface area contributed by atoms with Gasteiger partial charge < -0.3 is 4.74 Å². The smallest absolute Gasteiger partial charge is 0.405 e. The minimum atomic E-state index is -5.01. The molecule has 0 fully saturated rings. The number of alkyl halides is 3. The predicted octanol–water partition coefficient (Wildman–Crippen LogP) is 4.17. The fraction of sp³-hybridized carbons (Fsp3) is 0.0714. The van der Waals surface area contributed by atoms with Gasteiger partial charge >= 0.3 is 6.36 Å². The Kier molecular flexibility index (Phi) is 4.18. The van der Waals surface area contributed by atoms with Gasteiger partial charge in [0, 0.05) is 11.1 Å². The van der Waals surface area contributed by atoms with Gasteiger partial charge in [0.15, 0.2) is 0 Å². The van der Waals surface area contributed by atoms with Crippen LogP contribution in [0.3, 0.4) is 0 Å². The molecular weight excluding hydrogens is 320 g/mol. The Morgan fingerprint density at radius 1 is 1.17 bits per heavy atom. The lowest BCUT2D eigenvalue weighted by Gasteiger charge is -2.14. The average molecular weight is 326 g/mol. The van der Waals surface area contributed by atoms with Gasteiger partial charge in [0.05, 0.1) is 11.0 Å². The van der Waals surface area contributed by atoms with E-state index in [1.807, 2.05) is 0 Å². The van der Waals surface area contributed by atoms with E-state index in [2.05, 4.69) is 4.74 Å². The number of hydrogen-bond donors (Lipinski definition) is 0. The van der Waals surface area contributed by atoms with Crippen molar-refractivity contribution in [3.63, 3.8) is 0 Å². The van der Waals surface area contributed by atoms with E-state index in [4.69, 9.17) is 5.26 Å². The lowest BCUT2D eigenvalue weighted by molar-refractivity contribution is -0.385. The van der Waals surface area contributed by atoms with Crippen molar-refractivity contribution in [2.75, 3.05) is 0 Å². The van der Waals surface area contributed by atoms with Crippen molar-refractivity contribution in [1.29, 1.82) is 5.26 Å². The van der Waals surface area contributed by atoms with E-state index in [-0.39, 0.29) is 11.1 Å². The van der Waals surface area contributed by atoms with Crippen LogP contribution < -0.4 is 4.74 Å². The summed E-state index contributed by atoms with van der Waals surface area (Å²) in [5, 5.41) is 20.0. The van der Waals surface area contributed by atoms with Gasteiger partial charge in [0.25, 0.3) is 5.69 Å². The molecular formula is C14H6F4N2O3. The van der Waals surface area contributed by atoms with Crippen LogP contribution >= 0.6 is 0 Å². The van der Waals surface area contributed by atoms with Gasteiger partial charge in [-0.2, -0.15) is 5.26 Å². The molecule has 0 bridgehead atoms. The van der Waals surface area contributed by atoms with Crippen LogP contribution in [0.4, 0.5) is 23.2 Å². The zero-order chi connectivity index (χ0) is 17.2. The highest BCUT2D eigenvalue weighted by Gasteiger charge is 2.33. The van der Waals surface area contributed by atoms with E-state index >= 15 is 0 Å². The average Bonchev–Trinajstić information content (AvgIpc) is 2.45. The van der Waals surface area contributed by atoms with Crippen molar-refractivity contribution in [2.45, 2.75) is 6.36 Å². The fourth-order valence-corrected chi connectivity index (χ4v) is 1.97. The lowest BCUT2D eigenvalue weighted by atomic mass is 9.98. The lowest BCUT2D eigenvalue weighted by Crippen LogP contribution is -2.17. The number of para-hydroxylation sites is 1. The van der Waals surface area contributed by atoms with Gasteiger partial charge in [0.2, 0.25) is 0 Å². The Labute approximate surface area is 126 Å². The minimum Gasteiger partial charge on any atom is -0.405 e. The second-order valence-electron chi connectivity index (χ2n) is 4.26. The Morgan fingerprint density at radius 3 is 2.39 bits per heavy atom. The van der Waals surface area contributed by atoms with Crippen LogP contribution in [0.15, 0.2) is 36.4 Å². The van der Waals surface area contributed by atoms with Crippen LogP contribution in [-0.4, -0.2) is 11.3 Å². The zero-order valence-electron chi connectivity index (χ0n) is 11.1. The highest BCUT2D eigenvalue weighted by Crippen LogP contribution is 2.38. The first-order valence-corrected chi connectivity index (χ1v) is 5.96. The van der Waals surface area contributed by atoms with Crippen LogP contribution in [0, 0.1) is 27.3 Å². The Hall–Kier alpha value is -3.15. The largest absolute Gasteiger partial charge is 0.573 e. The first-order valence-electron chi connectivity index (χ1n) is 5.96. The van der Waals surface area contributed by atoms with Crippen molar-refractivity contribution in [2.24, 2.45) is 0 Å². The topological polar surface area (TPSA) is 76.2 Å². The van der Waals surface area contributed by atoms with Crippen LogP contribution in [-0.2, 0) is 0 Å². The van der Waals surface area contributed by atoms with Crippen molar-refractivity contribution in [1.82, 2.24) is 0 Å². The van der Waals surface area contributed by atoms with Crippen molar-refractivity contribution >= 4 is 5.69 Å². The molecule has 0 saturated carbocycles. The molecule has 0 heterocycles. The summed E-state index contributed by atoms with van der Waals surface area (Å²) in [6, 6.07) is 7.45. The predicted molar refractivity (Wildman–Crippen MR) is 69.9 cm³/mol. The molecule has 0 aliphatic carbocycles. The van der Waals surface area contributed by atoms with Crippen molar-refractivity contribution in [3.05, 3.63) is 57.9 Å². The second kappa shape index (κ2) is 5.92. The van der Waals surface area contributed by atoms with Gasteiger partial charge in [-0.3, -0.25) is 10.1 Å². The standard InChI is InChI=1S/C14H6F4N2O3/c15-8-5-10(11(7-19)12(6-8)20(21)22)9-3-1-2-4-13(9)23-14(16,17)18/h1-6H. The van der Waals surface area contributed by atoms with E-state index in [1.165, 1.54) is 18.2 Å². The third-order valence-electron chi connectivity index (χ3n) is 2.79. The van der Waals surface area contributed by atoms with Crippen molar-refractivity contribution in [3.8, 4) is 22.9 Å². The summed E-state index contributed by atoms with van der Waals surface area (Å²) >= 11 is 0. The van der Waals surface area contributed by atoms with Gasteiger partial charge in [-0.1, -0.05) is 18.2 Å². The molecule has 118 valence electrons. The maximum absolute atomic E-state index is 13.6. The first-order chi connectivity index (χ1) is 10.7. The van der Waals surface area contributed by atoms with Crippen LogP contribution in [0.25, 0.3) is 11.1 Å². The number of rotatable bonds is 3. The molecule has 23 heavy (non-hydrogen) atoms. The summed E-state index contributed by atoms with van der Waals surface area (Å²) in [6.07, 6.45) is -5.01. The van der Waals surface area contributed by atoms with Gasteiger partial charge in [0.1, 0.15) is 23.2 Å². The number of hydrogen-bond acceptors (Lipinski definition) is 4. The number of nitro groups is 1. The molecule has 0 N–H and O–H groups in total. The maximum Gasteiger partial charge on any atom is 0.573 e. The summed E-state index contributed by atoms with van der Waals surface area (Å²) in [7, 11) is 0. The first kappa shape index (κ1) is 16.2. The van der Waals surface area contributed by atoms with E-state index in [1.54, 1.807) is 0 Å². The molecule has 0 saturated heterocycles. The van der Waals surface area contributed by atoms with E-state index in [9.17, 15) is 27.7 Å². The van der Waals surface area contributed by atoms with E-state index in [0.29, 0.717) is 6.07 Å². The molecule has 0 spiro atoms. The SMILES string of the molecule is N#Cc1c(-c2ccccc2OC(F)(F)F)cc(F)cc1[N+](=O)[O-]. The van der Waals surface area contributed by atoms with Gasteiger partial charge in [-0.15, -0.1) is 13.2 Å². The summed E-state index contributed by atoms with van der Waals surface area (Å²) in [6.45, 7) is 0. The Bertz CT molecular complexity index is 813. The molecule has 0 aliphatic heterocycles.